The van der Waals surface area contributed by atoms with E-state index in [2.05, 4.69) is 32.7 Å². The molecule has 0 bridgehead atoms. The fraction of sp³-hybridized carbons (Fsp3) is 0.391. The number of thiophene rings is 1. The summed E-state index contributed by atoms with van der Waals surface area (Å²) < 4.78 is 3.64. The molecule has 8 heteroatoms. The summed E-state index contributed by atoms with van der Waals surface area (Å²) in [5.74, 6) is 2.30. The third kappa shape index (κ3) is 3.94. The van der Waals surface area contributed by atoms with Crippen LogP contribution in [0.5, 0.6) is 0 Å². The predicted octanol–water partition coefficient (Wildman–Crippen LogP) is 4.67. The van der Waals surface area contributed by atoms with Crippen molar-refractivity contribution in [2.24, 2.45) is 13.0 Å². The van der Waals surface area contributed by atoms with Crippen molar-refractivity contribution >= 4 is 28.7 Å². The van der Waals surface area contributed by atoms with Gasteiger partial charge in [0, 0.05) is 29.9 Å². The molecular formula is C23H25N5OS2. The summed E-state index contributed by atoms with van der Waals surface area (Å²) in [4.78, 5) is 19.8. The smallest absolute Gasteiger partial charge is 0.258 e. The van der Waals surface area contributed by atoms with Gasteiger partial charge in [-0.25, -0.2) is 4.98 Å². The van der Waals surface area contributed by atoms with Crippen LogP contribution in [0.2, 0.25) is 0 Å². The normalized spacial score (nSPS) is 16.0. The Kier molecular flexibility index (Phi) is 5.44. The van der Waals surface area contributed by atoms with E-state index in [9.17, 15) is 4.79 Å². The molecule has 4 heterocycles. The minimum atomic E-state index is -0.0579. The third-order valence-corrected chi connectivity index (χ3v) is 8.31. The van der Waals surface area contributed by atoms with Gasteiger partial charge in [-0.15, -0.1) is 21.5 Å². The summed E-state index contributed by atoms with van der Waals surface area (Å²) >= 11 is 3.42. The molecule has 4 aromatic heterocycles. The third-order valence-electron chi connectivity index (χ3n) is 6.03. The lowest BCUT2D eigenvalue weighted by atomic mass is 9.87. The van der Waals surface area contributed by atoms with Crippen LogP contribution in [0.4, 0.5) is 0 Å². The monoisotopic (exact) mass is 451 g/mol. The minimum absolute atomic E-state index is 0.0579. The second-order valence-corrected chi connectivity index (χ2v) is 10.3. The molecule has 0 saturated carbocycles. The zero-order chi connectivity index (χ0) is 21.5. The molecule has 160 valence electrons. The SMILES string of the molecule is CC[C@@H]1CCc2sc(-c3nnc(SCc4cc(=O)n5cc(C)ccc5n4)n3C)cc2C1. The number of pyridine rings is 1. The van der Waals surface area contributed by atoms with Crippen molar-refractivity contribution in [3.63, 3.8) is 0 Å². The van der Waals surface area contributed by atoms with E-state index in [0.29, 0.717) is 11.4 Å². The Morgan fingerprint density at radius 1 is 1.26 bits per heavy atom. The molecule has 31 heavy (non-hydrogen) atoms. The number of rotatable bonds is 5. The molecule has 6 nitrogen and oxygen atoms in total. The molecule has 0 aromatic carbocycles. The zero-order valence-corrected chi connectivity index (χ0v) is 19.6. The quantitative estimate of drug-likeness (QED) is 0.413. The Morgan fingerprint density at radius 3 is 2.97 bits per heavy atom. The highest BCUT2D eigenvalue weighted by atomic mass is 32.2. The van der Waals surface area contributed by atoms with Gasteiger partial charge in [-0.2, -0.15) is 0 Å². The molecule has 1 atom stereocenters. The Balaban J connectivity index is 1.36. The number of nitrogens with zero attached hydrogens (tertiary/aromatic N) is 5. The van der Waals surface area contributed by atoms with Crippen LogP contribution in [0.25, 0.3) is 16.3 Å². The molecule has 0 N–H and O–H groups in total. The van der Waals surface area contributed by atoms with Gasteiger partial charge in [-0.1, -0.05) is 31.2 Å². The summed E-state index contributed by atoms with van der Waals surface area (Å²) in [7, 11) is 2.01. The van der Waals surface area contributed by atoms with Gasteiger partial charge in [-0.3, -0.25) is 9.20 Å². The molecule has 5 rings (SSSR count). The summed E-state index contributed by atoms with van der Waals surface area (Å²) in [6.45, 7) is 4.25. The van der Waals surface area contributed by atoms with Crippen LogP contribution in [-0.4, -0.2) is 24.1 Å². The van der Waals surface area contributed by atoms with E-state index in [4.69, 9.17) is 0 Å². The van der Waals surface area contributed by atoms with E-state index in [-0.39, 0.29) is 5.56 Å². The van der Waals surface area contributed by atoms with E-state index in [0.717, 1.165) is 28.2 Å². The van der Waals surface area contributed by atoms with Crippen LogP contribution in [0.15, 0.2) is 40.4 Å². The molecule has 0 fully saturated rings. The average Bonchev–Trinajstić information content (AvgIpc) is 3.35. The lowest BCUT2D eigenvalue weighted by Gasteiger charge is -2.19. The van der Waals surface area contributed by atoms with Gasteiger partial charge in [0.1, 0.15) is 5.65 Å². The van der Waals surface area contributed by atoms with Gasteiger partial charge in [0.2, 0.25) is 0 Å². The van der Waals surface area contributed by atoms with Crippen molar-refractivity contribution < 1.29 is 0 Å². The number of aryl methyl sites for hydroxylation is 2. The molecule has 1 aliphatic carbocycles. The van der Waals surface area contributed by atoms with Crippen molar-refractivity contribution in [2.75, 3.05) is 0 Å². The predicted molar refractivity (Wildman–Crippen MR) is 126 cm³/mol. The number of aromatic nitrogens is 5. The second kappa shape index (κ2) is 8.24. The topological polar surface area (TPSA) is 65.1 Å². The van der Waals surface area contributed by atoms with Gasteiger partial charge >= 0.3 is 0 Å². The van der Waals surface area contributed by atoms with Crippen molar-refractivity contribution in [1.82, 2.24) is 24.1 Å². The standard InChI is InChI=1S/C23H25N5OS2/c1-4-15-6-7-18-16(9-15)10-19(31-18)22-25-26-23(27(22)3)30-13-17-11-21(29)28-12-14(2)5-8-20(28)24-17/h5,8,10-12,15H,4,6-7,9,13H2,1-3H3/t15-/m1/s1. The van der Waals surface area contributed by atoms with E-state index in [1.165, 1.54) is 41.0 Å². The second-order valence-electron chi connectivity index (χ2n) is 8.25. The van der Waals surface area contributed by atoms with E-state index < -0.39 is 0 Å². The van der Waals surface area contributed by atoms with Crippen molar-refractivity contribution in [3.8, 4) is 10.7 Å². The van der Waals surface area contributed by atoms with Crippen LogP contribution in [-0.2, 0) is 25.6 Å². The van der Waals surface area contributed by atoms with E-state index >= 15 is 0 Å². The maximum absolute atomic E-state index is 12.4. The fourth-order valence-electron chi connectivity index (χ4n) is 4.18. The molecule has 0 radical (unpaired) electrons. The Labute approximate surface area is 189 Å². The zero-order valence-electron chi connectivity index (χ0n) is 18.0. The molecule has 1 aliphatic rings. The van der Waals surface area contributed by atoms with Gasteiger partial charge in [0.15, 0.2) is 11.0 Å². The molecule has 0 spiro atoms. The van der Waals surface area contributed by atoms with E-state index in [1.54, 1.807) is 22.2 Å². The molecule has 0 aliphatic heterocycles. The molecule has 0 unspecified atom stereocenters. The first kappa shape index (κ1) is 20.5. The molecule has 0 saturated heterocycles. The lowest BCUT2D eigenvalue weighted by molar-refractivity contribution is 0.449. The largest absolute Gasteiger partial charge is 0.304 e. The number of fused-ring (bicyclic) bond motifs is 2. The Morgan fingerprint density at radius 2 is 2.13 bits per heavy atom. The van der Waals surface area contributed by atoms with Gasteiger partial charge in [-0.05, 0) is 55.4 Å². The Hall–Kier alpha value is -2.45. The first-order valence-electron chi connectivity index (χ1n) is 10.6. The molecule has 4 aromatic rings. The first-order chi connectivity index (χ1) is 15.0. The van der Waals surface area contributed by atoms with E-state index in [1.807, 2.05) is 43.6 Å². The lowest BCUT2D eigenvalue weighted by Crippen LogP contribution is -2.15. The summed E-state index contributed by atoms with van der Waals surface area (Å²) in [5.41, 5.74) is 3.89. The highest BCUT2D eigenvalue weighted by Crippen LogP contribution is 2.38. The maximum atomic E-state index is 12.4. The van der Waals surface area contributed by atoms with Gasteiger partial charge in [0.25, 0.3) is 5.56 Å². The number of hydrogen-bond acceptors (Lipinski definition) is 6. The first-order valence-corrected chi connectivity index (χ1v) is 12.4. The summed E-state index contributed by atoms with van der Waals surface area (Å²) in [6.07, 6.45) is 6.73. The van der Waals surface area contributed by atoms with Crippen molar-refractivity contribution in [1.29, 1.82) is 0 Å². The van der Waals surface area contributed by atoms with Crippen LogP contribution >= 0.6 is 23.1 Å². The summed E-state index contributed by atoms with van der Waals surface area (Å²) in [6, 6.07) is 7.77. The molecular weight excluding hydrogens is 426 g/mol. The van der Waals surface area contributed by atoms with Gasteiger partial charge < -0.3 is 4.57 Å². The highest BCUT2D eigenvalue weighted by Gasteiger charge is 2.22. The number of hydrogen-bond donors (Lipinski definition) is 0. The molecule has 0 amide bonds. The highest BCUT2D eigenvalue weighted by molar-refractivity contribution is 7.98. The maximum Gasteiger partial charge on any atom is 0.258 e. The van der Waals surface area contributed by atoms with Crippen LogP contribution < -0.4 is 5.56 Å². The fourth-order valence-corrected chi connectivity index (χ4v) is 6.22. The minimum Gasteiger partial charge on any atom is -0.304 e. The summed E-state index contributed by atoms with van der Waals surface area (Å²) in [5, 5.41) is 9.72. The number of thioether (sulfide) groups is 1. The average molecular weight is 452 g/mol. The van der Waals surface area contributed by atoms with Gasteiger partial charge in [0.05, 0.1) is 10.6 Å². The van der Waals surface area contributed by atoms with Crippen molar-refractivity contribution in [3.05, 3.63) is 62.5 Å². The Bertz CT molecular complexity index is 1320. The van der Waals surface area contributed by atoms with Crippen LogP contribution in [0.1, 0.15) is 41.5 Å². The van der Waals surface area contributed by atoms with Crippen LogP contribution in [0, 0.1) is 12.8 Å². The van der Waals surface area contributed by atoms with Crippen molar-refractivity contribution in [2.45, 2.75) is 50.4 Å². The van der Waals surface area contributed by atoms with Crippen LogP contribution in [0.3, 0.4) is 0 Å².